The molecule has 0 saturated heterocycles. The van der Waals surface area contributed by atoms with Gasteiger partial charge in [-0.2, -0.15) is 0 Å². The Labute approximate surface area is 325 Å². The lowest BCUT2D eigenvalue weighted by molar-refractivity contribution is 0.669. The zero-order chi connectivity index (χ0) is 37.5. The van der Waals surface area contributed by atoms with Crippen molar-refractivity contribution in [3.63, 3.8) is 0 Å². The van der Waals surface area contributed by atoms with E-state index in [1.54, 1.807) is 0 Å². The van der Waals surface area contributed by atoms with Crippen LogP contribution >= 0.6 is 0 Å². The zero-order valence-corrected chi connectivity index (χ0v) is 30.4. The molecule has 0 unspecified atom stereocenters. The second-order valence-corrected chi connectivity index (χ2v) is 14.3. The predicted molar refractivity (Wildman–Crippen MR) is 230 cm³/mol. The molecule has 0 aliphatic heterocycles. The van der Waals surface area contributed by atoms with Crippen LogP contribution in [0, 0.1) is 0 Å². The molecule has 12 aromatic rings. The summed E-state index contributed by atoms with van der Waals surface area (Å²) in [5.74, 6) is 1.76. The molecule has 0 aliphatic rings. The number of aromatic nitrogens is 4. The van der Waals surface area contributed by atoms with Crippen molar-refractivity contribution in [2.45, 2.75) is 0 Å². The predicted octanol–water partition coefficient (Wildman–Crippen LogP) is 13.4. The van der Waals surface area contributed by atoms with Gasteiger partial charge < -0.3 is 13.4 Å². The van der Waals surface area contributed by atoms with E-state index < -0.39 is 0 Å². The van der Waals surface area contributed by atoms with Gasteiger partial charge in [-0.05, 0) is 48.5 Å². The third kappa shape index (κ3) is 4.87. The van der Waals surface area contributed by atoms with Gasteiger partial charge in [0.2, 0.25) is 0 Å². The molecule has 6 nitrogen and oxygen atoms in total. The molecule has 266 valence electrons. The van der Waals surface area contributed by atoms with Crippen LogP contribution in [0.4, 0.5) is 0 Å². The molecular weight excluding hydrogens is 701 g/mol. The number of para-hydroxylation sites is 5. The highest BCUT2D eigenvalue weighted by atomic mass is 16.3. The van der Waals surface area contributed by atoms with Crippen LogP contribution in [0.1, 0.15) is 0 Å². The highest BCUT2D eigenvalue weighted by Crippen LogP contribution is 2.43. The molecular formula is C51H30N4O2. The standard InChI is InChI=1S/C51H30N4O2/c1-3-14-31(15-4-1)49-52-50(54-51(53-49)40-24-13-27-45-46(40)39-19-8-10-26-43(39)56-45)32-28-29-44-41(30-32)38-23-12-22-37(48(38)57-44)36-21-11-20-35-34-18-7-9-25-42(34)55(47(35)36)33-16-5-2-6-17-33/h1-30H. The quantitative estimate of drug-likeness (QED) is 0.176. The Kier molecular flexibility index (Phi) is 6.83. The summed E-state index contributed by atoms with van der Waals surface area (Å²) in [5.41, 5.74) is 11.5. The van der Waals surface area contributed by atoms with E-state index in [4.69, 9.17) is 23.8 Å². The molecule has 12 rings (SSSR count). The average molecular weight is 731 g/mol. The van der Waals surface area contributed by atoms with Crippen molar-refractivity contribution in [3.05, 3.63) is 182 Å². The van der Waals surface area contributed by atoms with Crippen LogP contribution < -0.4 is 0 Å². The molecule has 0 aliphatic carbocycles. The summed E-state index contributed by atoms with van der Waals surface area (Å²) in [4.78, 5) is 15.3. The van der Waals surface area contributed by atoms with Crippen molar-refractivity contribution in [1.29, 1.82) is 0 Å². The lowest BCUT2D eigenvalue weighted by Gasteiger charge is -2.12. The summed E-state index contributed by atoms with van der Waals surface area (Å²) in [6.07, 6.45) is 0. The Morgan fingerprint density at radius 3 is 1.84 bits per heavy atom. The minimum absolute atomic E-state index is 0.577. The SMILES string of the molecule is c1ccc(-c2nc(-c3ccc4oc5c(-c6cccc7c8ccccc8n(-c8ccccc8)c67)cccc5c4c3)nc(-c3cccc4oc5ccccc5c34)n2)cc1. The van der Waals surface area contributed by atoms with Gasteiger partial charge in [-0.3, -0.25) is 0 Å². The first-order valence-electron chi connectivity index (χ1n) is 19.0. The van der Waals surface area contributed by atoms with Crippen molar-refractivity contribution in [1.82, 2.24) is 19.5 Å². The average Bonchev–Trinajstić information content (AvgIpc) is 3.96. The first-order chi connectivity index (χ1) is 28.3. The lowest BCUT2D eigenvalue weighted by atomic mass is 9.99. The lowest BCUT2D eigenvalue weighted by Crippen LogP contribution is -2.00. The Bertz CT molecular complexity index is 3530. The molecule has 57 heavy (non-hydrogen) atoms. The van der Waals surface area contributed by atoms with Gasteiger partial charge in [0.15, 0.2) is 17.5 Å². The molecule has 0 radical (unpaired) electrons. The number of hydrogen-bond acceptors (Lipinski definition) is 5. The van der Waals surface area contributed by atoms with Crippen molar-refractivity contribution < 1.29 is 8.83 Å². The van der Waals surface area contributed by atoms with Gasteiger partial charge in [0, 0.05) is 65.8 Å². The van der Waals surface area contributed by atoms with Gasteiger partial charge in [-0.15, -0.1) is 0 Å². The highest BCUT2D eigenvalue weighted by Gasteiger charge is 2.21. The van der Waals surface area contributed by atoms with Gasteiger partial charge in [-0.25, -0.2) is 15.0 Å². The van der Waals surface area contributed by atoms with Crippen molar-refractivity contribution in [2.24, 2.45) is 0 Å². The number of benzene rings is 8. The second-order valence-electron chi connectivity index (χ2n) is 14.3. The highest BCUT2D eigenvalue weighted by molar-refractivity contribution is 6.17. The zero-order valence-electron chi connectivity index (χ0n) is 30.4. The first kappa shape index (κ1) is 31.5. The molecule has 0 spiro atoms. The van der Waals surface area contributed by atoms with Gasteiger partial charge >= 0.3 is 0 Å². The Balaban J connectivity index is 1.06. The fraction of sp³-hybridized carbons (Fsp3) is 0. The largest absolute Gasteiger partial charge is 0.456 e. The molecule has 0 saturated carbocycles. The molecule has 0 atom stereocenters. The maximum Gasteiger partial charge on any atom is 0.164 e. The van der Waals surface area contributed by atoms with E-state index in [9.17, 15) is 0 Å². The molecule has 0 amide bonds. The van der Waals surface area contributed by atoms with Gasteiger partial charge in [0.25, 0.3) is 0 Å². The summed E-state index contributed by atoms with van der Waals surface area (Å²) in [5, 5.41) is 6.43. The summed E-state index contributed by atoms with van der Waals surface area (Å²) in [6.45, 7) is 0. The molecule has 0 bridgehead atoms. The van der Waals surface area contributed by atoms with Crippen molar-refractivity contribution >= 4 is 65.7 Å². The maximum atomic E-state index is 6.79. The van der Waals surface area contributed by atoms with Crippen molar-refractivity contribution in [3.8, 4) is 51.0 Å². The van der Waals surface area contributed by atoms with E-state index in [-0.39, 0.29) is 0 Å². The van der Waals surface area contributed by atoms with Crippen molar-refractivity contribution in [2.75, 3.05) is 0 Å². The number of hydrogen-bond donors (Lipinski definition) is 0. The molecule has 0 N–H and O–H groups in total. The first-order valence-corrected chi connectivity index (χ1v) is 19.0. The van der Waals surface area contributed by atoms with Gasteiger partial charge in [0.1, 0.15) is 22.3 Å². The Hall–Kier alpha value is -7.83. The van der Waals surface area contributed by atoms with E-state index in [1.165, 1.54) is 10.8 Å². The summed E-state index contributed by atoms with van der Waals surface area (Å²) < 4.78 is 15.4. The van der Waals surface area contributed by atoms with Crippen LogP contribution in [0.3, 0.4) is 0 Å². The van der Waals surface area contributed by atoms with E-state index in [2.05, 4.69) is 114 Å². The van der Waals surface area contributed by atoms with E-state index in [1.807, 2.05) is 72.8 Å². The Morgan fingerprint density at radius 2 is 0.982 bits per heavy atom. The second kappa shape index (κ2) is 12.3. The van der Waals surface area contributed by atoms with Gasteiger partial charge in [0.05, 0.1) is 11.0 Å². The van der Waals surface area contributed by atoms with Crippen LogP contribution in [0.2, 0.25) is 0 Å². The fourth-order valence-electron chi connectivity index (χ4n) is 8.53. The van der Waals surface area contributed by atoms with E-state index in [0.29, 0.717) is 17.5 Å². The van der Waals surface area contributed by atoms with Crippen LogP contribution in [0.15, 0.2) is 191 Å². The fourth-order valence-corrected chi connectivity index (χ4v) is 8.53. The smallest absolute Gasteiger partial charge is 0.164 e. The third-order valence-corrected chi connectivity index (χ3v) is 11.1. The van der Waals surface area contributed by atoms with E-state index >= 15 is 0 Å². The number of furan rings is 2. The molecule has 4 heterocycles. The summed E-state index contributed by atoms with van der Waals surface area (Å²) in [7, 11) is 0. The molecule has 0 fully saturated rings. The van der Waals surface area contributed by atoms with Crippen LogP contribution in [0.25, 0.3) is 117 Å². The Morgan fingerprint density at radius 1 is 0.368 bits per heavy atom. The van der Waals surface area contributed by atoms with Crippen LogP contribution in [0.5, 0.6) is 0 Å². The maximum absolute atomic E-state index is 6.79. The number of rotatable bonds is 5. The molecule has 4 aromatic heterocycles. The topological polar surface area (TPSA) is 69.9 Å². The normalized spacial score (nSPS) is 11.9. The monoisotopic (exact) mass is 730 g/mol. The van der Waals surface area contributed by atoms with Gasteiger partial charge in [-0.1, -0.05) is 133 Å². The molecule has 6 heteroatoms. The van der Waals surface area contributed by atoms with E-state index in [0.717, 1.165) is 88.4 Å². The summed E-state index contributed by atoms with van der Waals surface area (Å²) >= 11 is 0. The number of fused-ring (bicyclic) bond motifs is 9. The van der Waals surface area contributed by atoms with Crippen LogP contribution in [-0.2, 0) is 0 Å². The van der Waals surface area contributed by atoms with Crippen LogP contribution in [-0.4, -0.2) is 19.5 Å². The molecule has 8 aromatic carbocycles. The number of nitrogens with zero attached hydrogens (tertiary/aromatic N) is 4. The minimum atomic E-state index is 0.577. The third-order valence-electron chi connectivity index (χ3n) is 11.1. The summed E-state index contributed by atoms with van der Waals surface area (Å²) in [6, 6.07) is 62.6. The minimum Gasteiger partial charge on any atom is -0.456 e.